The average Bonchev–Trinajstić information content (AvgIpc) is 2.63. The van der Waals surface area contributed by atoms with Crippen molar-refractivity contribution in [2.45, 2.75) is 6.92 Å². The van der Waals surface area contributed by atoms with Crippen LogP contribution >= 0.6 is 0 Å². The number of Topliss-reactive ketones (excluding diaryl/α,β-unsaturated/α-hetero) is 1. The van der Waals surface area contributed by atoms with E-state index in [2.05, 4.69) is 15.3 Å². The first-order valence-electron chi connectivity index (χ1n) is 7.43. The second kappa shape index (κ2) is 6.83. The van der Waals surface area contributed by atoms with E-state index in [1.54, 1.807) is 24.3 Å². The van der Waals surface area contributed by atoms with Gasteiger partial charge in [0.15, 0.2) is 5.78 Å². The first kappa shape index (κ1) is 15.6. The molecule has 5 heteroatoms. The molecule has 1 aromatic heterocycles. The number of nitrogens with one attached hydrogen (secondary N) is 1. The van der Waals surface area contributed by atoms with Gasteiger partial charge < -0.3 is 5.32 Å². The topological polar surface area (TPSA) is 72.0 Å². The molecule has 0 unspecified atom stereocenters. The summed E-state index contributed by atoms with van der Waals surface area (Å²) in [5, 5.41) is 2.80. The smallest absolute Gasteiger partial charge is 0.259 e. The molecule has 3 rings (SSSR count). The lowest BCUT2D eigenvalue weighted by Crippen LogP contribution is -2.14. The molecule has 1 amide bonds. The van der Waals surface area contributed by atoms with Crippen LogP contribution in [-0.2, 0) is 0 Å². The molecule has 0 radical (unpaired) electrons. The van der Waals surface area contributed by atoms with E-state index in [9.17, 15) is 9.59 Å². The summed E-state index contributed by atoms with van der Waals surface area (Å²) < 4.78 is 0. The Morgan fingerprint density at radius 1 is 0.958 bits per heavy atom. The van der Waals surface area contributed by atoms with Crippen molar-refractivity contribution in [2.24, 2.45) is 0 Å². The van der Waals surface area contributed by atoms with Crippen LogP contribution in [0, 0.1) is 0 Å². The van der Waals surface area contributed by atoms with Crippen LogP contribution in [0.2, 0.25) is 0 Å². The maximum Gasteiger partial charge on any atom is 0.259 e. The molecule has 1 N–H and O–H groups in total. The minimum absolute atomic E-state index is 0.0179. The van der Waals surface area contributed by atoms with Crippen molar-refractivity contribution in [3.8, 4) is 11.3 Å². The van der Waals surface area contributed by atoms with E-state index >= 15 is 0 Å². The van der Waals surface area contributed by atoms with Gasteiger partial charge in [0.1, 0.15) is 6.33 Å². The average molecular weight is 317 g/mol. The zero-order valence-electron chi connectivity index (χ0n) is 13.1. The molecule has 0 bridgehead atoms. The molecule has 118 valence electrons. The predicted molar refractivity (Wildman–Crippen MR) is 91.9 cm³/mol. The van der Waals surface area contributed by atoms with Crippen LogP contribution in [0.3, 0.4) is 0 Å². The summed E-state index contributed by atoms with van der Waals surface area (Å²) in [4.78, 5) is 32.1. The molecule has 0 aliphatic heterocycles. The molecule has 0 aliphatic carbocycles. The molecular weight excluding hydrogens is 302 g/mol. The summed E-state index contributed by atoms with van der Waals surface area (Å²) in [6, 6.07) is 16.2. The Bertz CT molecular complexity index is 875. The van der Waals surface area contributed by atoms with Crippen LogP contribution in [0.25, 0.3) is 11.3 Å². The van der Waals surface area contributed by atoms with Crippen molar-refractivity contribution in [1.82, 2.24) is 9.97 Å². The lowest BCUT2D eigenvalue weighted by Gasteiger charge is -2.09. The fourth-order valence-electron chi connectivity index (χ4n) is 2.31. The Labute approximate surface area is 139 Å². The third-order valence-electron chi connectivity index (χ3n) is 3.55. The first-order valence-corrected chi connectivity index (χ1v) is 7.43. The molecule has 1 heterocycles. The monoisotopic (exact) mass is 317 g/mol. The standard InChI is InChI=1S/C19H15N3O2/c1-13(23)14-7-9-16(10-8-14)22-19(24)17-11-20-12-21-18(17)15-5-3-2-4-6-15/h2-12H,1H3,(H,22,24). The largest absolute Gasteiger partial charge is 0.322 e. The number of carbonyl (C=O) groups is 2. The molecule has 0 aliphatic rings. The van der Waals surface area contributed by atoms with Gasteiger partial charge in [-0.15, -0.1) is 0 Å². The van der Waals surface area contributed by atoms with Gasteiger partial charge in [0.05, 0.1) is 11.3 Å². The van der Waals surface area contributed by atoms with Gasteiger partial charge in [-0.05, 0) is 31.2 Å². The number of benzene rings is 2. The zero-order chi connectivity index (χ0) is 16.9. The van der Waals surface area contributed by atoms with Crippen LogP contribution in [0.1, 0.15) is 27.6 Å². The van der Waals surface area contributed by atoms with Crippen molar-refractivity contribution in [1.29, 1.82) is 0 Å². The number of ketones is 1. The summed E-state index contributed by atoms with van der Waals surface area (Å²) in [5.74, 6) is -0.319. The maximum absolute atomic E-state index is 12.6. The fraction of sp³-hybridized carbons (Fsp3) is 0.0526. The minimum Gasteiger partial charge on any atom is -0.322 e. The Morgan fingerprint density at radius 2 is 1.67 bits per heavy atom. The van der Waals surface area contributed by atoms with Crippen LogP contribution in [0.15, 0.2) is 67.1 Å². The van der Waals surface area contributed by atoms with Crippen LogP contribution in [0.5, 0.6) is 0 Å². The third kappa shape index (κ3) is 3.35. The molecule has 3 aromatic rings. The SMILES string of the molecule is CC(=O)c1ccc(NC(=O)c2cncnc2-c2ccccc2)cc1. The second-order valence-electron chi connectivity index (χ2n) is 5.24. The number of hydrogen-bond acceptors (Lipinski definition) is 4. The Kier molecular flexibility index (Phi) is 4.43. The van der Waals surface area contributed by atoms with E-state index < -0.39 is 0 Å². The summed E-state index contributed by atoms with van der Waals surface area (Å²) in [6.07, 6.45) is 2.91. The van der Waals surface area contributed by atoms with Crippen molar-refractivity contribution in [2.75, 3.05) is 5.32 Å². The fourth-order valence-corrected chi connectivity index (χ4v) is 2.31. The quantitative estimate of drug-likeness (QED) is 0.746. The number of nitrogens with zero attached hydrogens (tertiary/aromatic N) is 2. The van der Waals surface area contributed by atoms with Crippen LogP contribution in [-0.4, -0.2) is 21.7 Å². The third-order valence-corrected chi connectivity index (χ3v) is 3.55. The van der Waals surface area contributed by atoms with E-state index in [1.807, 2.05) is 30.3 Å². The predicted octanol–water partition coefficient (Wildman–Crippen LogP) is 3.60. The lowest BCUT2D eigenvalue weighted by atomic mass is 10.1. The number of rotatable bonds is 4. The van der Waals surface area contributed by atoms with E-state index in [4.69, 9.17) is 0 Å². The van der Waals surface area contributed by atoms with Gasteiger partial charge in [-0.2, -0.15) is 0 Å². The van der Waals surface area contributed by atoms with Crippen molar-refractivity contribution in [3.05, 3.63) is 78.2 Å². The molecule has 2 aromatic carbocycles. The Morgan fingerprint density at radius 3 is 2.33 bits per heavy atom. The molecule has 0 fully saturated rings. The van der Waals surface area contributed by atoms with Gasteiger partial charge in [0.25, 0.3) is 5.91 Å². The number of aromatic nitrogens is 2. The second-order valence-corrected chi connectivity index (χ2v) is 5.24. The normalized spacial score (nSPS) is 10.2. The first-order chi connectivity index (χ1) is 11.6. The summed E-state index contributed by atoms with van der Waals surface area (Å²) in [7, 11) is 0. The van der Waals surface area contributed by atoms with Crippen molar-refractivity contribution in [3.63, 3.8) is 0 Å². The van der Waals surface area contributed by atoms with Gasteiger partial charge in [-0.25, -0.2) is 9.97 Å². The molecule has 24 heavy (non-hydrogen) atoms. The molecule has 0 saturated carbocycles. The van der Waals surface area contributed by atoms with Crippen LogP contribution < -0.4 is 5.32 Å². The molecule has 0 atom stereocenters. The molecule has 0 spiro atoms. The summed E-state index contributed by atoms with van der Waals surface area (Å²) >= 11 is 0. The van der Waals surface area contributed by atoms with Gasteiger partial charge in [0.2, 0.25) is 0 Å². The van der Waals surface area contributed by atoms with Gasteiger partial charge in [-0.3, -0.25) is 9.59 Å². The zero-order valence-corrected chi connectivity index (χ0v) is 13.1. The summed E-state index contributed by atoms with van der Waals surface area (Å²) in [5.41, 5.74) is 3.01. The highest BCUT2D eigenvalue weighted by Crippen LogP contribution is 2.21. The number of anilines is 1. The molecule has 5 nitrogen and oxygen atoms in total. The van der Waals surface area contributed by atoms with E-state index in [-0.39, 0.29) is 11.7 Å². The van der Waals surface area contributed by atoms with Gasteiger partial charge >= 0.3 is 0 Å². The van der Waals surface area contributed by atoms with E-state index in [1.165, 1.54) is 19.4 Å². The number of amides is 1. The van der Waals surface area contributed by atoms with Gasteiger partial charge in [-0.1, -0.05) is 30.3 Å². The Balaban J connectivity index is 1.87. The highest BCUT2D eigenvalue weighted by molar-refractivity contribution is 6.08. The highest BCUT2D eigenvalue weighted by Gasteiger charge is 2.14. The van der Waals surface area contributed by atoms with Crippen LogP contribution in [0.4, 0.5) is 5.69 Å². The number of carbonyl (C=O) groups excluding carboxylic acids is 2. The van der Waals surface area contributed by atoms with E-state index in [0.29, 0.717) is 22.5 Å². The van der Waals surface area contributed by atoms with E-state index in [0.717, 1.165) is 5.56 Å². The maximum atomic E-state index is 12.6. The van der Waals surface area contributed by atoms with Crippen molar-refractivity contribution >= 4 is 17.4 Å². The minimum atomic E-state index is -0.301. The lowest BCUT2D eigenvalue weighted by molar-refractivity contribution is 0.101. The Hall–Kier alpha value is -3.34. The number of hydrogen-bond donors (Lipinski definition) is 1. The molecular formula is C19H15N3O2. The summed E-state index contributed by atoms with van der Waals surface area (Å²) in [6.45, 7) is 1.50. The van der Waals surface area contributed by atoms with Gasteiger partial charge in [0, 0.05) is 23.0 Å². The molecule has 0 saturated heterocycles. The van der Waals surface area contributed by atoms with Crippen molar-refractivity contribution < 1.29 is 9.59 Å². The highest BCUT2D eigenvalue weighted by atomic mass is 16.1.